The Kier molecular flexibility index (Phi) is 13.2. The number of aliphatic hydroxyl groups excluding tert-OH is 3. The lowest BCUT2D eigenvalue weighted by Gasteiger charge is -2.47. The molecule has 11 nitrogen and oxygen atoms in total. The van der Waals surface area contributed by atoms with Gasteiger partial charge in [-0.25, -0.2) is 0 Å². The van der Waals surface area contributed by atoms with Crippen molar-refractivity contribution < 1.29 is 43.9 Å². The first-order valence-electron chi connectivity index (χ1n) is 15.0. The molecule has 0 aliphatic carbocycles. The maximum Gasteiger partial charge on any atom is 0.319 e. The largest absolute Gasteiger partial charge is 0.463 e. The highest BCUT2D eigenvalue weighted by Crippen LogP contribution is 2.38. The molecule has 0 unspecified atom stereocenters. The molecule has 11 heteroatoms. The fourth-order valence-corrected chi connectivity index (χ4v) is 6.49. The molecule has 10 atom stereocenters. The molecule has 0 aromatic carbocycles. The fraction of sp³-hybridized carbons (Fsp3) is 0.933. The van der Waals surface area contributed by atoms with E-state index < -0.39 is 53.5 Å². The minimum Gasteiger partial charge on any atom is -0.463 e. The summed E-state index contributed by atoms with van der Waals surface area (Å²) >= 11 is 0. The molecule has 0 aromatic heterocycles. The average molecular weight is 589 g/mol. The number of carbonyl (C=O) groups is 2. The van der Waals surface area contributed by atoms with Crippen molar-refractivity contribution >= 4 is 11.8 Å². The van der Waals surface area contributed by atoms with Crippen molar-refractivity contribution in [2.75, 3.05) is 47.5 Å². The Morgan fingerprint density at radius 2 is 1.80 bits per heavy atom. The maximum absolute atomic E-state index is 14.0. The van der Waals surface area contributed by atoms with Gasteiger partial charge in [-0.2, -0.15) is 0 Å². The van der Waals surface area contributed by atoms with Crippen LogP contribution in [0.25, 0.3) is 0 Å². The monoisotopic (exact) mass is 588 g/mol. The van der Waals surface area contributed by atoms with Crippen molar-refractivity contribution in [3.05, 3.63) is 0 Å². The predicted octanol–water partition coefficient (Wildman–Crippen LogP) is 1.45. The van der Waals surface area contributed by atoms with Crippen molar-refractivity contribution in [1.82, 2.24) is 9.80 Å². The number of esters is 1. The van der Waals surface area contributed by atoms with Gasteiger partial charge in [0.2, 0.25) is 0 Å². The van der Waals surface area contributed by atoms with E-state index in [4.69, 9.17) is 18.9 Å². The molecule has 2 aliphatic rings. The molecule has 3 N–H and O–H groups in total. The van der Waals surface area contributed by atoms with Crippen molar-refractivity contribution in [2.45, 2.75) is 116 Å². The molecule has 2 fully saturated rings. The predicted molar refractivity (Wildman–Crippen MR) is 154 cm³/mol. The van der Waals surface area contributed by atoms with Crippen LogP contribution in [0.1, 0.15) is 67.7 Å². The molecule has 0 radical (unpaired) electrons. The highest BCUT2D eigenvalue weighted by molar-refractivity contribution is 6.04. The maximum atomic E-state index is 14.0. The topological polar surface area (TPSA) is 138 Å². The smallest absolute Gasteiger partial charge is 0.319 e. The molecule has 2 heterocycles. The number of carbonyl (C=O) groups excluding carboxylic acids is 2. The Bertz CT molecular complexity index is 856. The zero-order valence-electron chi connectivity index (χ0n) is 26.8. The summed E-state index contributed by atoms with van der Waals surface area (Å²) in [5.74, 6) is -1.90. The van der Waals surface area contributed by atoms with Gasteiger partial charge in [-0.1, -0.05) is 20.8 Å². The number of cyclic esters (lactones) is 1. The number of nitrogens with zero attached hydrogens (tertiary/aromatic N) is 2. The first-order valence-corrected chi connectivity index (χ1v) is 15.0. The lowest BCUT2D eigenvalue weighted by molar-refractivity contribution is -0.295. The van der Waals surface area contributed by atoms with Gasteiger partial charge >= 0.3 is 5.97 Å². The minimum absolute atomic E-state index is 0.00670. The number of hydrogen-bond donors (Lipinski definition) is 3. The van der Waals surface area contributed by atoms with Gasteiger partial charge in [0.05, 0.1) is 30.0 Å². The molecular weight excluding hydrogens is 532 g/mol. The molecule has 0 bridgehead atoms. The van der Waals surface area contributed by atoms with Gasteiger partial charge < -0.3 is 39.2 Å². The van der Waals surface area contributed by atoms with Gasteiger partial charge in [-0.3, -0.25) is 14.5 Å². The number of likely N-dealkylation sites (N-methyl/N-ethyl adjacent to an activating group) is 2. The Balaban J connectivity index is 2.57. The third kappa shape index (κ3) is 8.47. The van der Waals surface area contributed by atoms with Crippen molar-refractivity contribution in [2.24, 2.45) is 17.3 Å². The van der Waals surface area contributed by atoms with Gasteiger partial charge in [-0.15, -0.1) is 0 Å². The number of ketones is 1. The van der Waals surface area contributed by atoms with Crippen LogP contribution in [0.15, 0.2) is 0 Å². The first kappa shape index (κ1) is 36.0. The van der Waals surface area contributed by atoms with Crippen LogP contribution in [0.2, 0.25) is 0 Å². The van der Waals surface area contributed by atoms with Gasteiger partial charge in [0, 0.05) is 32.2 Å². The standard InChI is InChI=1S/C30H56N2O9/c1-11-32-16-18(2)15-30(7,38-10)26(41-27-24(35)21(31(8)9)14-19(3)40-27)20(4)25(36)29(5,6)28(37)39-17-22(32)23(34)12-13-33/h18-24,26-27,33-35H,11-17H2,1-10H3/t18-,19-,20+,21+,22-,23-,24-,26-,27+,30-/m1/s1. The summed E-state index contributed by atoms with van der Waals surface area (Å²) in [6, 6.07) is -0.761. The van der Waals surface area contributed by atoms with Crippen LogP contribution in [-0.4, -0.2) is 133 Å². The van der Waals surface area contributed by atoms with Crippen LogP contribution in [0, 0.1) is 17.3 Å². The molecule has 2 rings (SSSR count). The van der Waals surface area contributed by atoms with E-state index in [9.17, 15) is 24.9 Å². The van der Waals surface area contributed by atoms with E-state index in [1.165, 1.54) is 13.8 Å². The number of methoxy groups -OCH3 is 1. The van der Waals surface area contributed by atoms with Gasteiger partial charge in [0.15, 0.2) is 12.1 Å². The Hall–Kier alpha value is -1.18. The number of hydrogen-bond acceptors (Lipinski definition) is 11. The molecule has 41 heavy (non-hydrogen) atoms. The zero-order valence-corrected chi connectivity index (χ0v) is 26.8. The van der Waals surface area contributed by atoms with E-state index in [1.807, 2.05) is 44.7 Å². The summed E-state index contributed by atoms with van der Waals surface area (Å²) in [4.78, 5) is 31.4. The Morgan fingerprint density at radius 1 is 1.17 bits per heavy atom. The summed E-state index contributed by atoms with van der Waals surface area (Å²) in [6.07, 6.45) is -2.71. The van der Waals surface area contributed by atoms with E-state index >= 15 is 0 Å². The number of ether oxygens (including phenoxy) is 4. The molecule has 0 aromatic rings. The molecule has 0 spiro atoms. The second-order valence-corrected chi connectivity index (χ2v) is 13.1. The molecule has 0 saturated carbocycles. The van der Waals surface area contributed by atoms with Crippen molar-refractivity contribution in [3.8, 4) is 0 Å². The van der Waals surface area contributed by atoms with E-state index in [-0.39, 0.29) is 43.5 Å². The van der Waals surface area contributed by atoms with Gasteiger partial charge in [0.1, 0.15) is 18.1 Å². The van der Waals surface area contributed by atoms with E-state index in [1.54, 1.807) is 14.0 Å². The SMILES string of the molecule is CCN1C[C@H](C)C[C@@](C)(OC)[C@H](O[C@@H]2O[C@H](C)C[C@H](N(C)C)[C@H]2O)[C@@H](C)C(=O)C(C)(C)C(=O)OC[C@@H]1[C@H](O)CCO. The molecule has 2 aliphatic heterocycles. The van der Waals surface area contributed by atoms with Crippen LogP contribution in [0.5, 0.6) is 0 Å². The lowest BCUT2D eigenvalue weighted by atomic mass is 9.74. The molecule has 0 amide bonds. The van der Waals surface area contributed by atoms with Crippen LogP contribution >= 0.6 is 0 Å². The molecule has 2 saturated heterocycles. The summed E-state index contributed by atoms with van der Waals surface area (Å²) < 4.78 is 24.5. The average Bonchev–Trinajstić information content (AvgIpc) is 2.90. The normalized spacial score (nSPS) is 39.0. The Labute approximate surface area is 246 Å². The van der Waals surface area contributed by atoms with E-state index in [2.05, 4.69) is 6.92 Å². The highest BCUT2D eigenvalue weighted by atomic mass is 16.7. The second kappa shape index (κ2) is 15.0. The minimum atomic E-state index is -1.52. The zero-order chi connectivity index (χ0) is 31.3. The number of Topliss-reactive ketones (excluding diaryl/α,β-unsaturated/α-hetero) is 1. The fourth-order valence-electron chi connectivity index (χ4n) is 6.49. The summed E-state index contributed by atoms with van der Waals surface area (Å²) in [7, 11) is 5.37. The second-order valence-electron chi connectivity index (χ2n) is 13.1. The van der Waals surface area contributed by atoms with Gasteiger partial charge in [0.25, 0.3) is 0 Å². The third-order valence-electron chi connectivity index (χ3n) is 9.05. The molecular formula is C30H56N2O9. The Morgan fingerprint density at radius 3 is 2.34 bits per heavy atom. The third-order valence-corrected chi connectivity index (χ3v) is 9.05. The van der Waals surface area contributed by atoms with Crippen LogP contribution < -0.4 is 0 Å². The quantitative estimate of drug-likeness (QED) is 0.281. The van der Waals surface area contributed by atoms with E-state index in [0.29, 0.717) is 25.9 Å². The van der Waals surface area contributed by atoms with Crippen molar-refractivity contribution in [3.63, 3.8) is 0 Å². The van der Waals surface area contributed by atoms with E-state index in [0.717, 1.165) is 0 Å². The number of rotatable bonds is 8. The van der Waals surface area contributed by atoms with Crippen LogP contribution in [0.3, 0.4) is 0 Å². The van der Waals surface area contributed by atoms with Crippen molar-refractivity contribution in [1.29, 1.82) is 0 Å². The highest BCUT2D eigenvalue weighted by Gasteiger charge is 2.51. The van der Waals surface area contributed by atoms with Gasteiger partial charge in [-0.05, 0) is 73.5 Å². The van der Waals surface area contributed by atoms with Crippen LogP contribution in [-0.2, 0) is 28.5 Å². The first-order chi connectivity index (χ1) is 19.0. The summed E-state index contributed by atoms with van der Waals surface area (Å²) in [6.45, 7) is 13.4. The van der Waals surface area contributed by atoms with Crippen LogP contribution in [0.4, 0.5) is 0 Å². The number of aliphatic hydroxyl groups is 3. The summed E-state index contributed by atoms with van der Waals surface area (Å²) in [5, 5.41) is 31.6. The lowest BCUT2D eigenvalue weighted by Crippen LogP contribution is -2.59. The molecule has 240 valence electrons. The summed E-state index contributed by atoms with van der Waals surface area (Å²) in [5.41, 5.74) is -2.52.